The molecule has 0 aliphatic heterocycles. The van der Waals surface area contributed by atoms with Gasteiger partial charge >= 0.3 is 6.18 Å². The van der Waals surface area contributed by atoms with E-state index in [1.54, 1.807) is 0 Å². The van der Waals surface area contributed by atoms with Gasteiger partial charge in [0, 0.05) is 12.3 Å². The third-order valence-corrected chi connectivity index (χ3v) is 5.19. The molecule has 0 unspecified atom stereocenters. The lowest BCUT2D eigenvalue weighted by Gasteiger charge is -2.30. The molecule has 158 valence electrons. The van der Waals surface area contributed by atoms with E-state index in [1.165, 1.54) is 0 Å². The van der Waals surface area contributed by atoms with E-state index in [9.17, 15) is 31.1 Å². The molecular weight excluding hydrogens is 400 g/mol. The molecule has 0 radical (unpaired) electrons. The predicted octanol–water partition coefficient (Wildman–Crippen LogP) is 4.00. The van der Waals surface area contributed by atoms with Gasteiger partial charge in [-0.05, 0) is 43.4 Å². The number of nitriles is 1. The number of rotatable bonds is 8. The number of alkyl halides is 5. The molecule has 0 aromatic heterocycles. The zero-order chi connectivity index (χ0) is 21.4. The highest BCUT2D eigenvalue weighted by Gasteiger charge is 2.52. The van der Waals surface area contributed by atoms with Gasteiger partial charge in [0.15, 0.2) is 0 Å². The molecule has 2 aliphatic carbocycles. The molecule has 0 saturated heterocycles. The van der Waals surface area contributed by atoms with Gasteiger partial charge in [-0.3, -0.25) is 10.1 Å². The molecule has 2 atom stereocenters. The van der Waals surface area contributed by atoms with E-state index in [-0.39, 0.29) is 12.8 Å². The van der Waals surface area contributed by atoms with Gasteiger partial charge < -0.3 is 5.32 Å². The Morgan fingerprint density at radius 2 is 1.76 bits per heavy atom. The number of halogens is 6. The third-order valence-electron chi connectivity index (χ3n) is 5.19. The molecule has 2 N–H and O–H groups in total. The summed E-state index contributed by atoms with van der Waals surface area (Å²) in [6.45, 7) is 0. The predicted molar refractivity (Wildman–Crippen MR) is 90.1 cm³/mol. The van der Waals surface area contributed by atoms with Gasteiger partial charge in [-0.1, -0.05) is 12.1 Å². The fraction of sp³-hybridized carbons (Fsp3) is 0.579. The Kier molecular flexibility index (Phi) is 5.56. The maximum Gasteiger partial charge on any atom is 0.407 e. The summed E-state index contributed by atoms with van der Waals surface area (Å²) in [5.41, 5.74) is -1.62. The summed E-state index contributed by atoms with van der Waals surface area (Å²) >= 11 is 0. The first kappa shape index (κ1) is 21.4. The molecule has 0 spiro atoms. The maximum atomic E-state index is 14.3. The fourth-order valence-corrected chi connectivity index (χ4v) is 3.12. The summed E-state index contributed by atoms with van der Waals surface area (Å²) in [6, 6.07) is 0.911. The Hall–Kier alpha value is -2.28. The molecule has 29 heavy (non-hydrogen) atoms. The van der Waals surface area contributed by atoms with Gasteiger partial charge in [-0.2, -0.15) is 18.4 Å². The smallest absolute Gasteiger partial charge is 0.336 e. The van der Waals surface area contributed by atoms with Gasteiger partial charge in [0.05, 0.1) is 12.1 Å². The number of benzene rings is 1. The van der Waals surface area contributed by atoms with Crippen molar-refractivity contribution in [3.05, 3.63) is 35.6 Å². The van der Waals surface area contributed by atoms with Crippen molar-refractivity contribution in [2.24, 2.45) is 5.92 Å². The lowest BCUT2D eigenvalue weighted by molar-refractivity contribution is -0.163. The average molecular weight is 419 g/mol. The van der Waals surface area contributed by atoms with Gasteiger partial charge in [-0.15, -0.1) is 0 Å². The highest BCUT2D eigenvalue weighted by Crippen LogP contribution is 2.46. The number of hydrogen-bond donors (Lipinski definition) is 2. The summed E-state index contributed by atoms with van der Waals surface area (Å²) < 4.78 is 82.6. The van der Waals surface area contributed by atoms with Crippen LogP contribution in [0.25, 0.3) is 0 Å². The van der Waals surface area contributed by atoms with Crippen LogP contribution in [0, 0.1) is 23.1 Å². The second-order valence-corrected chi connectivity index (χ2v) is 7.67. The summed E-state index contributed by atoms with van der Waals surface area (Å²) in [6.07, 6.45) is -4.95. The quantitative estimate of drug-likeness (QED) is 0.627. The van der Waals surface area contributed by atoms with Crippen LogP contribution in [0.2, 0.25) is 0 Å². The Labute approximate surface area is 163 Å². The van der Waals surface area contributed by atoms with Crippen LogP contribution in [0.1, 0.15) is 43.7 Å². The van der Waals surface area contributed by atoms with E-state index in [2.05, 4.69) is 5.32 Å². The largest absolute Gasteiger partial charge is 0.407 e. The Balaban J connectivity index is 1.85. The standard InChI is InChI=1S/C19H19F6N3O/c20-13-5-1-11(2-6-13)15(19(23,24)25)27-14(9-18(21,22)12-3-4-12)16(29)28-17(10-26)7-8-17/h1-2,5-6,12,14-15,27H,3-4,7-9H2,(H,28,29)/t14-,15-/m0/s1. The minimum atomic E-state index is -4.92. The third kappa shape index (κ3) is 5.21. The number of nitrogens with zero attached hydrogens (tertiary/aromatic N) is 1. The SMILES string of the molecule is N#CC1(NC(=O)[C@H](CC(F)(F)C2CC2)N[C@@H](c2ccc(F)cc2)C(F)(F)F)CC1. The van der Waals surface area contributed by atoms with Crippen molar-refractivity contribution in [3.63, 3.8) is 0 Å². The highest BCUT2D eigenvalue weighted by atomic mass is 19.4. The van der Waals surface area contributed by atoms with Crippen LogP contribution in [0.5, 0.6) is 0 Å². The topological polar surface area (TPSA) is 64.9 Å². The van der Waals surface area contributed by atoms with E-state index in [1.807, 2.05) is 11.4 Å². The zero-order valence-corrected chi connectivity index (χ0v) is 15.2. The minimum Gasteiger partial charge on any atom is -0.336 e. The summed E-state index contributed by atoms with van der Waals surface area (Å²) in [5.74, 6) is -6.13. The van der Waals surface area contributed by atoms with Gasteiger partial charge in [0.2, 0.25) is 5.91 Å². The van der Waals surface area contributed by atoms with Crippen LogP contribution in [0.3, 0.4) is 0 Å². The normalized spacial score (nSPS) is 20.4. The summed E-state index contributed by atoms with van der Waals surface area (Å²) in [5, 5.41) is 13.4. The second kappa shape index (κ2) is 7.52. The highest BCUT2D eigenvalue weighted by molar-refractivity contribution is 5.83. The lowest BCUT2D eigenvalue weighted by atomic mass is 9.99. The lowest BCUT2D eigenvalue weighted by Crippen LogP contribution is -2.53. The summed E-state index contributed by atoms with van der Waals surface area (Å²) in [4.78, 5) is 12.5. The van der Waals surface area contributed by atoms with Crippen LogP contribution in [-0.4, -0.2) is 29.6 Å². The molecular formula is C19H19F6N3O. The molecule has 10 heteroatoms. The molecule has 4 nitrogen and oxygen atoms in total. The monoisotopic (exact) mass is 419 g/mol. The Bertz CT molecular complexity index is 794. The Morgan fingerprint density at radius 3 is 2.21 bits per heavy atom. The first-order valence-electron chi connectivity index (χ1n) is 9.15. The minimum absolute atomic E-state index is 0.240. The van der Waals surface area contributed by atoms with Crippen LogP contribution in [-0.2, 0) is 4.79 Å². The van der Waals surface area contributed by atoms with E-state index in [4.69, 9.17) is 5.26 Å². The zero-order valence-electron chi connectivity index (χ0n) is 15.2. The van der Waals surface area contributed by atoms with Crippen molar-refractivity contribution in [1.82, 2.24) is 10.6 Å². The molecule has 1 amide bonds. The van der Waals surface area contributed by atoms with Gasteiger partial charge in [-0.25, -0.2) is 13.2 Å². The summed E-state index contributed by atoms with van der Waals surface area (Å²) in [7, 11) is 0. The molecule has 0 bridgehead atoms. The van der Waals surface area contributed by atoms with Crippen molar-refractivity contribution in [3.8, 4) is 6.07 Å². The molecule has 2 fully saturated rings. The fourth-order valence-electron chi connectivity index (χ4n) is 3.12. The maximum absolute atomic E-state index is 14.3. The van der Waals surface area contributed by atoms with Crippen LogP contribution in [0.4, 0.5) is 26.3 Å². The molecule has 2 aliphatic rings. The van der Waals surface area contributed by atoms with Crippen molar-refractivity contribution < 1.29 is 31.1 Å². The molecule has 2 saturated carbocycles. The second-order valence-electron chi connectivity index (χ2n) is 7.67. The van der Waals surface area contributed by atoms with Crippen molar-refractivity contribution in [1.29, 1.82) is 5.26 Å². The van der Waals surface area contributed by atoms with E-state index in [0.29, 0.717) is 12.8 Å². The van der Waals surface area contributed by atoms with Crippen molar-refractivity contribution in [2.75, 3.05) is 0 Å². The van der Waals surface area contributed by atoms with Crippen molar-refractivity contribution in [2.45, 2.75) is 61.8 Å². The number of carbonyl (C=O) groups excluding carboxylic acids is 1. The first-order chi connectivity index (χ1) is 13.5. The number of nitrogens with one attached hydrogen (secondary N) is 2. The number of hydrogen-bond acceptors (Lipinski definition) is 3. The Morgan fingerprint density at radius 1 is 1.17 bits per heavy atom. The van der Waals surface area contributed by atoms with Crippen LogP contribution >= 0.6 is 0 Å². The van der Waals surface area contributed by atoms with Crippen LogP contribution < -0.4 is 10.6 Å². The van der Waals surface area contributed by atoms with Gasteiger partial charge in [0.1, 0.15) is 17.4 Å². The molecule has 1 aromatic carbocycles. The van der Waals surface area contributed by atoms with E-state index in [0.717, 1.165) is 24.3 Å². The van der Waals surface area contributed by atoms with E-state index >= 15 is 0 Å². The van der Waals surface area contributed by atoms with Crippen LogP contribution in [0.15, 0.2) is 24.3 Å². The molecule has 3 rings (SSSR count). The number of amides is 1. The number of carbonyl (C=O) groups is 1. The van der Waals surface area contributed by atoms with E-state index < -0.39 is 59.3 Å². The average Bonchev–Trinajstić information content (AvgIpc) is 3.52. The first-order valence-corrected chi connectivity index (χ1v) is 9.15. The van der Waals surface area contributed by atoms with Gasteiger partial charge in [0.25, 0.3) is 5.92 Å². The molecule has 1 aromatic rings. The molecule has 0 heterocycles. The van der Waals surface area contributed by atoms with Crippen molar-refractivity contribution >= 4 is 5.91 Å².